The van der Waals surface area contributed by atoms with Crippen LogP contribution in [-0.4, -0.2) is 14.8 Å². The molecule has 0 fully saturated rings. The van der Waals surface area contributed by atoms with Crippen molar-refractivity contribution in [3.05, 3.63) is 47.5 Å². The standard InChI is InChI=1S/C15H18ClN3/c1-2-7-19-14(17-10-18-19)9-12-8-11-5-3-4-6-13(11)15(12)16/h3-6,10,12,15H,2,7-9H2,1H3. The number of aromatic nitrogens is 3. The van der Waals surface area contributed by atoms with Gasteiger partial charge in [-0.05, 0) is 29.9 Å². The molecule has 1 aliphatic carbocycles. The molecule has 100 valence electrons. The molecule has 0 N–H and O–H groups in total. The number of hydrogen-bond acceptors (Lipinski definition) is 2. The van der Waals surface area contributed by atoms with Gasteiger partial charge in [0.25, 0.3) is 0 Å². The first kappa shape index (κ1) is 12.7. The molecule has 0 amide bonds. The molecule has 0 radical (unpaired) electrons. The predicted molar refractivity (Wildman–Crippen MR) is 76.2 cm³/mol. The summed E-state index contributed by atoms with van der Waals surface area (Å²) in [4.78, 5) is 4.39. The molecular weight excluding hydrogens is 258 g/mol. The number of nitrogens with zero attached hydrogens (tertiary/aromatic N) is 3. The third-order valence-corrected chi connectivity index (χ3v) is 4.42. The van der Waals surface area contributed by atoms with Gasteiger partial charge in [-0.15, -0.1) is 11.6 Å². The summed E-state index contributed by atoms with van der Waals surface area (Å²) in [6.45, 7) is 3.09. The van der Waals surface area contributed by atoms with E-state index < -0.39 is 0 Å². The van der Waals surface area contributed by atoms with Gasteiger partial charge in [0.1, 0.15) is 12.2 Å². The minimum Gasteiger partial charge on any atom is -0.250 e. The van der Waals surface area contributed by atoms with Gasteiger partial charge in [-0.3, -0.25) is 4.68 Å². The topological polar surface area (TPSA) is 30.7 Å². The van der Waals surface area contributed by atoms with E-state index in [-0.39, 0.29) is 5.38 Å². The fourth-order valence-electron chi connectivity index (χ4n) is 2.88. The summed E-state index contributed by atoms with van der Waals surface area (Å²) in [6.07, 6.45) is 4.67. The second-order valence-corrected chi connectivity index (χ2v) is 5.64. The van der Waals surface area contributed by atoms with Crippen LogP contribution < -0.4 is 0 Å². The summed E-state index contributed by atoms with van der Waals surface area (Å²) >= 11 is 6.60. The number of rotatable bonds is 4. The molecule has 1 aliphatic rings. The van der Waals surface area contributed by atoms with Crippen LogP contribution in [0.15, 0.2) is 30.6 Å². The van der Waals surface area contributed by atoms with Crippen molar-refractivity contribution in [3.8, 4) is 0 Å². The lowest BCUT2D eigenvalue weighted by Gasteiger charge is -2.14. The summed E-state index contributed by atoms with van der Waals surface area (Å²) in [7, 11) is 0. The van der Waals surface area contributed by atoms with E-state index in [4.69, 9.17) is 11.6 Å². The summed E-state index contributed by atoms with van der Waals surface area (Å²) in [6, 6.07) is 8.48. The van der Waals surface area contributed by atoms with Crippen LogP contribution in [0.1, 0.15) is 35.7 Å². The Kier molecular flexibility index (Phi) is 3.56. The Balaban J connectivity index is 1.77. The highest BCUT2D eigenvalue weighted by atomic mass is 35.5. The molecule has 1 aromatic heterocycles. The average molecular weight is 276 g/mol. The highest BCUT2D eigenvalue weighted by Crippen LogP contribution is 2.41. The molecule has 0 saturated carbocycles. The molecule has 0 bridgehead atoms. The third-order valence-electron chi connectivity index (χ3n) is 3.82. The fraction of sp³-hybridized carbons (Fsp3) is 0.467. The van der Waals surface area contributed by atoms with Gasteiger partial charge >= 0.3 is 0 Å². The van der Waals surface area contributed by atoms with E-state index in [2.05, 4.69) is 41.3 Å². The van der Waals surface area contributed by atoms with Crippen molar-refractivity contribution in [1.82, 2.24) is 14.8 Å². The van der Waals surface area contributed by atoms with Crippen LogP contribution in [0.3, 0.4) is 0 Å². The van der Waals surface area contributed by atoms with Gasteiger partial charge in [0, 0.05) is 13.0 Å². The van der Waals surface area contributed by atoms with Gasteiger partial charge in [0.15, 0.2) is 0 Å². The maximum Gasteiger partial charge on any atom is 0.138 e. The molecule has 0 saturated heterocycles. The van der Waals surface area contributed by atoms with Crippen molar-refractivity contribution in [2.45, 2.75) is 38.1 Å². The second-order valence-electron chi connectivity index (χ2n) is 5.17. The number of alkyl halides is 1. The van der Waals surface area contributed by atoms with Crippen molar-refractivity contribution < 1.29 is 0 Å². The zero-order chi connectivity index (χ0) is 13.2. The Labute approximate surface area is 118 Å². The fourth-order valence-corrected chi connectivity index (χ4v) is 3.27. The first-order valence-corrected chi connectivity index (χ1v) is 7.31. The van der Waals surface area contributed by atoms with Crippen molar-refractivity contribution in [2.75, 3.05) is 0 Å². The molecule has 4 heteroatoms. The second kappa shape index (κ2) is 5.33. The molecule has 2 unspecified atom stereocenters. The van der Waals surface area contributed by atoms with E-state index in [1.807, 2.05) is 4.68 Å². The van der Waals surface area contributed by atoms with Gasteiger partial charge in [0.2, 0.25) is 0 Å². The molecule has 1 heterocycles. The Morgan fingerprint density at radius 1 is 1.37 bits per heavy atom. The minimum atomic E-state index is 0.1000. The zero-order valence-corrected chi connectivity index (χ0v) is 11.8. The first-order chi connectivity index (χ1) is 9.29. The van der Waals surface area contributed by atoms with E-state index in [0.29, 0.717) is 5.92 Å². The molecule has 1 aromatic carbocycles. The highest BCUT2D eigenvalue weighted by molar-refractivity contribution is 6.21. The van der Waals surface area contributed by atoms with Crippen LogP contribution in [0.5, 0.6) is 0 Å². The lowest BCUT2D eigenvalue weighted by molar-refractivity contribution is 0.487. The van der Waals surface area contributed by atoms with E-state index in [9.17, 15) is 0 Å². The van der Waals surface area contributed by atoms with E-state index >= 15 is 0 Å². The monoisotopic (exact) mass is 275 g/mol. The lowest BCUT2D eigenvalue weighted by Crippen LogP contribution is -2.13. The molecular formula is C15H18ClN3. The quantitative estimate of drug-likeness (QED) is 0.801. The Morgan fingerprint density at radius 3 is 3.00 bits per heavy atom. The Hall–Kier alpha value is -1.35. The highest BCUT2D eigenvalue weighted by Gasteiger charge is 2.31. The number of benzene rings is 1. The zero-order valence-electron chi connectivity index (χ0n) is 11.1. The number of fused-ring (bicyclic) bond motifs is 1. The largest absolute Gasteiger partial charge is 0.250 e. The summed E-state index contributed by atoms with van der Waals surface area (Å²) in [5, 5.41) is 4.38. The lowest BCUT2D eigenvalue weighted by atomic mass is 10.0. The van der Waals surface area contributed by atoms with Crippen molar-refractivity contribution >= 4 is 11.6 Å². The molecule has 2 aromatic rings. The van der Waals surface area contributed by atoms with E-state index in [1.54, 1.807) is 6.33 Å². The molecule has 0 spiro atoms. The van der Waals surface area contributed by atoms with Gasteiger partial charge in [-0.25, -0.2) is 4.98 Å². The Bertz CT molecular complexity index is 564. The molecule has 19 heavy (non-hydrogen) atoms. The van der Waals surface area contributed by atoms with Gasteiger partial charge < -0.3 is 0 Å². The maximum atomic E-state index is 6.60. The van der Waals surface area contributed by atoms with Crippen molar-refractivity contribution in [2.24, 2.45) is 5.92 Å². The van der Waals surface area contributed by atoms with E-state index in [1.165, 1.54) is 11.1 Å². The van der Waals surface area contributed by atoms with Crippen molar-refractivity contribution in [1.29, 1.82) is 0 Å². The first-order valence-electron chi connectivity index (χ1n) is 6.88. The number of hydrogen-bond donors (Lipinski definition) is 0. The van der Waals surface area contributed by atoms with Crippen LogP contribution >= 0.6 is 11.6 Å². The van der Waals surface area contributed by atoms with Crippen LogP contribution in [0.25, 0.3) is 0 Å². The minimum absolute atomic E-state index is 0.1000. The van der Waals surface area contributed by atoms with Crippen LogP contribution in [0.2, 0.25) is 0 Å². The molecule has 2 atom stereocenters. The molecule has 3 rings (SSSR count). The summed E-state index contributed by atoms with van der Waals surface area (Å²) in [5.74, 6) is 1.49. The van der Waals surface area contributed by atoms with E-state index in [0.717, 1.165) is 31.6 Å². The maximum absolute atomic E-state index is 6.60. The van der Waals surface area contributed by atoms with Crippen LogP contribution in [0, 0.1) is 5.92 Å². The normalized spacial score (nSPS) is 21.6. The smallest absolute Gasteiger partial charge is 0.138 e. The number of aryl methyl sites for hydroxylation is 1. The van der Waals surface area contributed by atoms with Gasteiger partial charge in [0.05, 0.1) is 5.38 Å². The Morgan fingerprint density at radius 2 is 2.21 bits per heavy atom. The molecule has 0 aliphatic heterocycles. The van der Waals surface area contributed by atoms with Gasteiger partial charge in [-0.2, -0.15) is 5.10 Å². The third kappa shape index (κ3) is 2.39. The average Bonchev–Trinajstić information content (AvgIpc) is 2.98. The molecule has 3 nitrogen and oxygen atoms in total. The predicted octanol–water partition coefficient (Wildman–Crippen LogP) is 3.38. The van der Waals surface area contributed by atoms with Crippen LogP contribution in [0.4, 0.5) is 0 Å². The van der Waals surface area contributed by atoms with Crippen LogP contribution in [-0.2, 0) is 19.4 Å². The summed E-state index contributed by atoms with van der Waals surface area (Å²) in [5.41, 5.74) is 2.67. The van der Waals surface area contributed by atoms with Gasteiger partial charge in [-0.1, -0.05) is 31.2 Å². The number of halogens is 1. The SMILES string of the molecule is CCCn1ncnc1CC1Cc2ccccc2C1Cl. The summed E-state index contributed by atoms with van der Waals surface area (Å²) < 4.78 is 2.01. The van der Waals surface area contributed by atoms with Crippen molar-refractivity contribution in [3.63, 3.8) is 0 Å².